The summed E-state index contributed by atoms with van der Waals surface area (Å²) >= 11 is 0. The number of nitrogens with zero attached hydrogens (tertiary/aromatic N) is 2. The van der Waals surface area contributed by atoms with E-state index in [-0.39, 0.29) is 10.6 Å². The summed E-state index contributed by atoms with van der Waals surface area (Å²) in [5, 5.41) is 12.9. The number of para-hydroxylation sites is 2. The minimum absolute atomic E-state index is 0.227. The van der Waals surface area contributed by atoms with Gasteiger partial charge in [0.1, 0.15) is 10.6 Å². The molecular weight excluding hydrogens is 390 g/mol. The molecule has 0 radical (unpaired) electrons. The predicted molar refractivity (Wildman–Crippen MR) is 113 cm³/mol. The van der Waals surface area contributed by atoms with Gasteiger partial charge in [-0.3, -0.25) is 10.1 Å². The predicted octanol–water partition coefficient (Wildman–Crippen LogP) is 4.17. The van der Waals surface area contributed by atoms with Crippen molar-refractivity contribution in [2.24, 2.45) is 0 Å². The first-order valence-electron chi connectivity index (χ1n) is 9.57. The number of rotatable bonds is 4. The highest BCUT2D eigenvalue weighted by atomic mass is 32.2. The van der Waals surface area contributed by atoms with Gasteiger partial charge in [0.25, 0.3) is 0 Å². The van der Waals surface area contributed by atoms with Crippen LogP contribution in [-0.2, 0) is 9.84 Å². The Balaban J connectivity index is 1.64. The summed E-state index contributed by atoms with van der Waals surface area (Å²) in [4.78, 5) is 16.3. The molecule has 2 heterocycles. The minimum atomic E-state index is -3.69. The van der Waals surface area contributed by atoms with Crippen molar-refractivity contribution in [1.29, 1.82) is 0 Å². The molecule has 1 saturated heterocycles. The fraction of sp³-hybridized carbons (Fsp3) is 0.333. The van der Waals surface area contributed by atoms with Gasteiger partial charge in [-0.1, -0.05) is 24.3 Å². The van der Waals surface area contributed by atoms with Crippen molar-refractivity contribution in [1.82, 2.24) is 4.98 Å². The van der Waals surface area contributed by atoms with Gasteiger partial charge in [-0.15, -0.1) is 0 Å². The van der Waals surface area contributed by atoms with Gasteiger partial charge in [-0.05, 0) is 49.4 Å². The third-order valence-corrected chi connectivity index (χ3v) is 6.88. The van der Waals surface area contributed by atoms with Crippen LogP contribution in [-0.4, -0.2) is 37.7 Å². The third kappa shape index (κ3) is 3.48. The molecule has 8 heteroatoms. The number of piperidine rings is 1. The zero-order valence-electron chi connectivity index (χ0n) is 16.4. The molecule has 1 aliphatic heterocycles. The molecule has 0 unspecified atom stereocenters. The van der Waals surface area contributed by atoms with E-state index in [0.29, 0.717) is 24.7 Å². The van der Waals surface area contributed by atoms with Crippen molar-refractivity contribution in [3.8, 4) is 0 Å². The molecule has 1 fully saturated rings. The molecule has 0 spiro atoms. The summed E-state index contributed by atoms with van der Waals surface area (Å²) < 4.78 is 24.1. The van der Waals surface area contributed by atoms with E-state index in [0.717, 1.165) is 30.3 Å². The molecule has 1 N–H and O–H groups in total. The number of anilines is 1. The number of aryl methyl sites for hydroxylation is 1. The fourth-order valence-corrected chi connectivity index (χ4v) is 5.34. The lowest BCUT2D eigenvalue weighted by atomic mass is 9.87. The van der Waals surface area contributed by atoms with Gasteiger partial charge < -0.3 is 9.88 Å². The Kier molecular flexibility index (Phi) is 4.82. The highest BCUT2D eigenvalue weighted by molar-refractivity contribution is 7.90. The lowest BCUT2D eigenvalue weighted by Gasteiger charge is -2.33. The van der Waals surface area contributed by atoms with Gasteiger partial charge in [-0.25, -0.2) is 8.42 Å². The van der Waals surface area contributed by atoms with Crippen molar-refractivity contribution in [3.05, 3.63) is 63.8 Å². The average molecular weight is 413 g/mol. The van der Waals surface area contributed by atoms with Crippen molar-refractivity contribution in [3.63, 3.8) is 0 Å². The number of nitro benzene ring substituents is 1. The van der Waals surface area contributed by atoms with Gasteiger partial charge >= 0.3 is 5.69 Å². The molecule has 0 amide bonds. The topological polar surface area (TPSA) is 96.3 Å². The standard InChI is InChI=1S/C21H23N3O4S/c1-14-20(16-6-3-4-7-17(16)22-14)15-10-12-23(13-11-15)18-8-5-9-19(29(2,27)28)21(18)24(25)26/h3-9,15,22H,10-13H2,1-2H3. The second kappa shape index (κ2) is 7.18. The summed E-state index contributed by atoms with van der Waals surface area (Å²) in [6, 6.07) is 12.8. The number of aromatic nitrogens is 1. The molecule has 7 nitrogen and oxygen atoms in total. The molecule has 1 aromatic heterocycles. The van der Waals surface area contributed by atoms with Crippen LogP contribution in [0.5, 0.6) is 0 Å². The molecule has 2 aromatic carbocycles. The number of hydrogen-bond acceptors (Lipinski definition) is 5. The van der Waals surface area contributed by atoms with Crippen LogP contribution in [0.1, 0.15) is 30.0 Å². The zero-order valence-corrected chi connectivity index (χ0v) is 17.2. The first kappa shape index (κ1) is 19.4. The summed E-state index contributed by atoms with van der Waals surface area (Å²) in [5.74, 6) is 0.361. The van der Waals surface area contributed by atoms with Crippen LogP contribution < -0.4 is 4.90 Å². The van der Waals surface area contributed by atoms with E-state index >= 15 is 0 Å². The molecule has 3 aromatic rings. The first-order valence-corrected chi connectivity index (χ1v) is 11.5. The van der Waals surface area contributed by atoms with Gasteiger partial charge in [0.05, 0.1) is 4.92 Å². The highest BCUT2D eigenvalue weighted by Crippen LogP contribution is 2.40. The number of hydrogen-bond donors (Lipinski definition) is 1. The van der Waals surface area contributed by atoms with Crippen LogP contribution in [0.4, 0.5) is 11.4 Å². The third-order valence-electron chi connectivity index (χ3n) is 5.75. The zero-order chi connectivity index (χ0) is 20.8. The van der Waals surface area contributed by atoms with Crippen molar-refractivity contribution in [2.45, 2.75) is 30.6 Å². The number of H-pyrrole nitrogens is 1. The van der Waals surface area contributed by atoms with Crippen LogP contribution >= 0.6 is 0 Å². The fourth-order valence-electron chi connectivity index (χ4n) is 4.48. The molecule has 29 heavy (non-hydrogen) atoms. The number of nitrogens with one attached hydrogen (secondary N) is 1. The van der Waals surface area contributed by atoms with E-state index in [9.17, 15) is 18.5 Å². The van der Waals surface area contributed by atoms with E-state index in [2.05, 4.69) is 24.0 Å². The van der Waals surface area contributed by atoms with E-state index in [4.69, 9.17) is 0 Å². The van der Waals surface area contributed by atoms with Crippen LogP contribution in [0.15, 0.2) is 47.4 Å². The Morgan fingerprint density at radius 3 is 2.45 bits per heavy atom. The largest absolute Gasteiger partial charge is 0.366 e. The highest BCUT2D eigenvalue weighted by Gasteiger charge is 2.31. The van der Waals surface area contributed by atoms with E-state index in [1.807, 2.05) is 17.0 Å². The molecular formula is C21H23N3O4S. The number of sulfone groups is 1. The molecule has 1 aliphatic rings. The van der Waals surface area contributed by atoms with Crippen LogP contribution in [0.25, 0.3) is 10.9 Å². The molecule has 0 bridgehead atoms. The smallest absolute Gasteiger partial charge is 0.311 e. The summed E-state index contributed by atoms with van der Waals surface area (Å²) in [7, 11) is -3.69. The molecule has 0 atom stereocenters. The Hall–Kier alpha value is -2.87. The van der Waals surface area contributed by atoms with Gasteiger partial charge in [0.2, 0.25) is 0 Å². The average Bonchev–Trinajstić information content (AvgIpc) is 3.02. The SMILES string of the molecule is Cc1[nH]c2ccccc2c1C1CCN(c2cccc(S(C)(=O)=O)c2[N+](=O)[O-])CC1. The van der Waals surface area contributed by atoms with Crippen molar-refractivity contribution >= 4 is 32.1 Å². The van der Waals surface area contributed by atoms with Gasteiger partial charge in [0, 0.05) is 35.9 Å². The van der Waals surface area contributed by atoms with E-state index < -0.39 is 14.8 Å². The number of nitro groups is 1. The second-order valence-corrected chi connectivity index (χ2v) is 9.61. The maximum atomic E-state index is 12.0. The van der Waals surface area contributed by atoms with Gasteiger partial charge in [-0.2, -0.15) is 0 Å². The normalized spacial score (nSPS) is 15.7. The Morgan fingerprint density at radius 2 is 1.79 bits per heavy atom. The molecule has 4 rings (SSSR count). The first-order chi connectivity index (χ1) is 13.8. The maximum Gasteiger partial charge on any atom is 0.311 e. The van der Waals surface area contributed by atoms with E-state index in [1.54, 1.807) is 12.1 Å². The van der Waals surface area contributed by atoms with Crippen molar-refractivity contribution < 1.29 is 13.3 Å². The quantitative estimate of drug-likeness (QED) is 0.511. The monoisotopic (exact) mass is 413 g/mol. The Bertz CT molecular complexity index is 1190. The summed E-state index contributed by atoms with van der Waals surface area (Å²) in [6.45, 7) is 3.36. The van der Waals surface area contributed by atoms with Crippen LogP contribution in [0.3, 0.4) is 0 Å². The molecule has 0 aliphatic carbocycles. The number of benzene rings is 2. The minimum Gasteiger partial charge on any atom is -0.366 e. The summed E-state index contributed by atoms with van der Waals surface area (Å²) in [6.07, 6.45) is 2.71. The summed E-state index contributed by atoms with van der Waals surface area (Å²) in [5.41, 5.74) is 3.66. The lowest BCUT2D eigenvalue weighted by Crippen LogP contribution is -2.33. The maximum absolute atomic E-state index is 12.0. The Morgan fingerprint density at radius 1 is 1.10 bits per heavy atom. The van der Waals surface area contributed by atoms with Gasteiger partial charge in [0.15, 0.2) is 9.84 Å². The second-order valence-electron chi connectivity index (χ2n) is 7.62. The molecule has 152 valence electrons. The van der Waals surface area contributed by atoms with E-state index in [1.165, 1.54) is 17.0 Å². The number of aromatic amines is 1. The molecule has 0 saturated carbocycles. The lowest BCUT2D eigenvalue weighted by molar-refractivity contribution is -0.387. The van der Waals surface area contributed by atoms with Crippen LogP contribution in [0, 0.1) is 17.0 Å². The van der Waals surface area contributed by atoms with Crippen LogP contribution in [0.2, 0.25) is 0 Å². The Labute approximate surface area is 169 Å². The number of fused-ring (bicyclic) bond motifs is 1. The van der Waals surface area contributed by atoms with Crippen molar-refractivity contribution in [2.75, 3.05) is 24.2 Å².